The number of benzene rings is 2. The lowest BCUT2D eigenvalue weighted by molar-refractivity contribution is 0.0697. The average molecular weight is 269 g/mol. The van der Waals surface area contributed by atoms with E-state index in [9.17, 15) is 4.79 Å². The third-order valence-corrected chi connectivity index (χ3v) is 3.27. The number of carboxylic acids is 1. The summed E-state index contributed by atoms with van der Waals surface area (Å²) in [6.45, 7) is 5.08. The van der Waals surface area contributed by atoms with Gasteiger partial charge in [0.25, 0.3) is 0 Å². The topological polar surface area (TPSA) is 49.3 Å². The molecule has 0 radical (unpaired) electrons. The van der Waals surface area contributed by atoms with E-state index >= 15 is 0 Å². The molecule has 20 heavy (non-hydrogen) atoms. The van der Waals surface area contributed by atoms with E-state index in [1.165, 1.54) is 11.1 Å². The molecule has 0 aromatic heterocycles. The molecule has 0 aliphatic rings. The molecule has 0 aliphatic heterocycles. The van der Waals surface area contributed by atoms with Crippen LogP contribution in [-0.2, 0) is 6.54 Å². The quantitative estimate of drug-likeness (QED) is 0.858. The summed E-state index contributed by atoms with van der Waals surface area (Å²) in [4.78, 5) is 10.8. The number of carbonyl (C=O) groups is 1. The van der Waals surface area contributed by atoms with E-state index in [0.29, 0.717) is 11.5 Å². The van der Waals surface area contributed by atoms with Crippen LogP contribution in [0.1, 0.15) is 41.3 Å². The molecular weight excluding hydrogens is 250 g/mol. The minimum absolute atomic E-state index is 0.303. The molecule has 104 valence electrons. The largest absolute Gasteiger partial charge is 0.478 e. The van der Waals surface area contributed by atoms with Gasteiger partial charge in [-0.05, 0) is 41.3 Å². The van der Waals surface area contributed by atoms with Crippen molar-refractivity contribution in [2.75, 3.05) is 5.32 Å². The average Bonchev–Trinajstić information content (AvgIpc) is 2.46. The van der Waals surface area contributed by atoms with Crippen molar-refractivity contribution in [3.05, 3.63) is 65.2 Å². The van der Waals surface area contributed by atoms with Crippen molar-refractivity contribution >= 4 is 11.7 Å². The van der Waals surface area contributed by atoms with Crippen LogP contribution in [0.25, 0.3) is 0 Å². The smallest absolute Gasteiger partial charge is 0.335 e. The normalized spacial score (nSPS) is 10.6. The summed E-state index contributed by atoms with van der Waals surface area (Å²) >= 11 is 0. The second-order valence-electron chi connectivity index (χ2n) is 5.13. The summed E-state index contributed by atoms with van der Waals surface area (Å²) in [5.74, 6) is -0.360. The summed E-state index contributed by atoms with van der Waals surface area (Å²) in [7, 11) is 0. The molecule has 2 aromatic rings. The molecule has 2 aromatic carbocycles. The Morgan fingerprint density at radius 1 is 1.05 bits per heavy atom. The fourth-order valence-electron chi connectivity index (χ4n) is 1.96. The van der Waals surface area contributed by atoms with Gasteiger partial charge in [-0.15, -0.1) is 0 Å². The molecular formula is C17H19NO2. The Labute approximate surface area is 119 Å². The van der Waals surface area contributed by atoms with Gasteiger partial charge in [0.15, 0.2) is 0 Å². The van der Waals surface area contributed by atoms with Crippen molar-refractivity contribution in [1.29, 1.82) is 0 Å². The first kappa shape index (κ1) is 14.1. The predicted octanol–water partition coefficient (Wildman–Crippen LogP) is 4.12. The van der Waals surface area contributed by atoms with Gasteiger partial charge < -0.3 is 10.4 Å². The van der Waals surface area contributed by atoms with E-state index in [2.05, 4.69) is 43.4 Å². The standard InChI is InChI=1S/C17H19NO2/c1-12(2)14-5-3-13(4-6-14)11-18-16-9-7-15(8-10-16)17(19)20/h3-10,12,18H,11H2,1-2H3,(H,19,20). The summed E-state index contributed by atoms with van der Waals surface area (Å²) in [6, 6.07) is 15.3. The van der Waals surface area contributed by atoms with Crippen molar-refractivity contribution in [3.63, 3.8) is 0 Å². The number of hydrogen-bond donors (Lipinski definition) is 2. The van der Waals surface area contributed by atoms with Crippen LogP contribution in [0.4, 0.5) is 5.69 Å². The molecule has 3 heteroatoms. The Morgan fingerprint density at radius 2 is 1.65 bits per heavy atom. The third-order valence-electron chi connectivity index (χ3n) is 3.27. The molecule has 0 amide bonds. The lowest BCUT2D eigenvalue weighted by Crippen LogP contribution is -2.01. The first-order chi connectivity index (χ1) is 9.56. The Balaban J connectivity index is 1.96. The fourth-order valence-corrected chi connectivity index (χ4v) is 1.96. The molecule has 0 saturated carbocycles. The summed E-state index contributed by atoms with van der Waals surface area (Å²) in [5.41, 5.74) is 3.76. The number of aromatic carboxylic acids is 1. The molecule has 0 spiro atoms. The van der Waals surface area contributed by atoms with Crippen LogP contribution in [0.3, 0.4) is 0 Å². The van der Waals surface area contributed by atoms with Crippen molar-refractivity contribution in [2.24, 2.45) is 0 Å². The Kier molecular flexibility index (Phi) is 4.41. The predicted molar refractivity (Wildman–Crippen MR) is 81.3 cm³/mol. The molecule has 0 aliphatic carbocycles. The van der Waals surface area contributed by atoms with Crippen molar-refractivity contribution in [2.45, 2.75) is 26.3 Å². The van der Waals surface area contributed by atoms with Gasteiger partial charge in [0, 0.05) is 12.2 Å². The van der Waals surface area contributed by atoms with Crippen LogP contribution in [0, 0.1) is 0 Å². The van der Waals surface area contributed by atoms with Crippen LogP contribution >= 0.6 is 0 Å². The van der Waals surface area contributed by atoms with E-state index in [1.807, 2.05) is 0 Å². The highest BCUT2D eigenvalue weighted by molar-refractivity contribution is 5.87. The monoisotopic (exact) mass is 269 g/mol. The Hall–Kier alpha value is -2.29. The molecule has 3 nitrogen and oxygen atoms in total. The lowest BCUT2D eigenvalue weighted by atomic mass is 10.0. The van der Waals surface area contributed by atoms with Crippen LogP contribution < -0.4 is 5.32 Å². The van der Waals surface area contributed by atoms with Gasteiger partial charge in [-0.25, -0.2) is 4.79 Å². The van der Waals surface area contributed by atoms with Crippen LogP contribution in [-0.4, -0.2) is 11.1 Å². The summed E-state index contributed by atoms with van der Waals surface area (Å²) in [5, 5.41) is 12.1. The minimum Gasteiger partial charge on any atom is -0.478 e. The molecule has 0 fully saturated rings. The van der Waals surface area contributed by atoms with Gasteiger partial charge in [0.2, 0.25) is 0 Å². The highest BCUT2D eigenvalue weighted by Gasteiger charge is 2.02. The Morgan fingerprint density at radius 3 is 2.15 bits per heavy atom. The zero-order valence-electron chi connectivity index (χ0n) is 11.8. The number of rotatable bonds is 5. The maximum Gasteiger partial charge on any atom is 0.335 e. The number of nitrogens with one attached hydrogen (secondary N) is 1. The first-order valence-electron chi connectivity index (χ1n) is 6.72. The van der Waals surface area contributed by atoms with Gasteiger partial charge in [0.1, 0.15) is 0 Å². The second-order valence-corrected chi connectivity index (χ2v) is 5.13. The highest BCUT2D eigenvalue weighted by Crippen LogP contribution is 2.16. The maximum absolute atomic E-state index is 10.8. The molecule has 0 atom stereocenters. The Bertz CT molecular complexity index is 571. The maximum atomic E-state index is 10.8. The first-order valence-corrected chi connectivity index (χ1v) is 6.72. The van der Waals surface area contributed by atoms with Crippen molar-refractivity contribution in [1.82, 2.24) is 0 Å². The van der Waals surface area contributed by atoms with Crippen LogP contribution in [0.2, 0.25) is 0 Å². The van der Waals surface area contributed by atoms with Crippen molar-refractivity contribution < 1.29 is 9.90 Å². The molecule has 0 unspecified atom stereocenters. The minimum atomic E-state index is -0.902. The highest BCUT2D eigenvalue weighted by atomic mass is 16.4. The van der Waals surface area contributed by atoms with Gasteiger partial charge in [-0.3, -0.25) is 0 Å². The number of carboxylic acid groups (broad SMARTS) is 1. The molecule has 0 saturated heterocycles. The van der Waals surface area contributed by atoms with E-state index in [-0.39, 0.29) is 0 Å². The van der Waals surface area contributed by atoms with Crippen LogP contribution in [0.15, 0.2) is 48.5 Å². The third kappa shape index (κ3) is 3.60. The zero-order valence-corrected chi connectivity index (χ0v) is 11.8. The molecule has 0 bridgehead atoms. The summed E-state index contributed by atoms with van der Waals surface area (Å²) in [6.07, 6.45) is 0. The van der Waals surface area contributed by atoms with Gasteiger partial charge >= 0.3 is 5.97 Å². The lowest BCUT2D eigenvalue weighted by Gasteiger charge is -2.09. The summed E-state index contributed by atoms with van der Waals surface area (Å²) < 4.78 is 0. The second kappa shape index (κ2) is 6.24. The van der Waals surface area contributed by atoms with Gasteiger partial charge in [0.05, 0.1) is 5.56 Å². The van der Waals surface area contributed by atoms with E-state index in [4.69, 9.17) is 5.11 Å². The van der Waals surface area contributed by atoms with Gasteiger partial charge in [-0.2, -0.15) is 0 Å². The molecule has 2 N–H and O–H groups in total. The number of hydrogen-bond acceptors (Lipinski definition) is 2. The molecule has 0 heterocycles. The van der Waals surface area contributed by atoms with E-state index in [0.717, 1.165) is 12.2 Å². The van der Waals surface area contributed by atoms with Crippen molar-refractivity contribution in [3.8, 4) is 0 Å². The van der Waals surface area contributed by atoms with E-state index < -0.39 is 5.97 Å². The zero-order chi connectivity index (χ0) is 14.5. The van der Waals surface area contributed by atoms with Gasteiger partial charge in [-0.1, -0.05) is 38.1 Å². The SMILES string of the molecule is CC(C)c1ccc(CNc2ccc(C(=O)O)cc2)cc1. The fraction of sp³-hybridized carbons (Fsp3) is 0.235. The number of anilines is 1. The van der Waals surface area contributed by atoms with E-state index in [1.54, 1.807) is 24.3 Å². The molecule has 2 rings (SSSR count). The van der Waals surface area contributed by atoms with Crippen LogP contribution in [0.5, 0.6) is 0 Å².